The number of rotatable bonds is 11. The molecule has 0 bridgehead atoms. The highest BCUT2D eigenvalue weighted by molar-refractivity contribution is 5.69. The molecular formula is C13H26O5. The van der Waals surface area contributed by atoms with Crippen LogP contribution >= 0.6 is 0 Å². The van der Waals surface area contributed by atoms with Crippen LogP contribution in [0.3, 0.4) is 0 Å². The van der Waals surface area contributed by atoms with Crippen LogP contribution in [0.2, 0.25) is 0 Å². The summed E-state index contributed by atoms with van der Waals surface area (Å²) in [4.78, 5) is 11.4. The average Bonchev–Trinajstić information content (AvgIpc) is 2.39. The molecule has 0 radical (unpaired) electrons. The van der Waals surface area contributed by atoms with E-state index >= 15 is 0 Å². The van der Waals surface area contributed by atoms with Crippen molar-refractivity contribution in [3.8, 4) is 0 Å². The van der Waals surface area contributed by atoms with Crippen LogP contribution in [0.15, 0.2) is 0 Å². The minimum atomic E-state index is -1.22. The summed E-state index contributed by atoms with van der Waals surface area (Å²) in [7, 11) is 0. The van der Waals surface area contributed by atoms with Gasteiger partial charge in [-0.25, -0.2) is 0 Å². The molecule has 0 aromatic carbocycles. The van der Waals surface area contributed by atoms with Gasteiger partial charge in [-0.2, -0.15) is 0 Å². The number of esters is 1. The maximum Gasteiger partial charge on any atom is 0.306 e. The lowest BCUT2D eigenvalue weighted by molar-refractivity contribution is -0.160. The molecule has 0 heterocycles. The quantitative estimate of drug-likeness (QED) is 0.382. The Morgan fingerprint density at radius 1 is 1.06 bits per heavy atom. The molecule has 0 saturated carbocycles. The minimum Gasteiger partial charge on any atom is -0.457 e. The Kier molecular flexibility index (Phi) is 11.0. The second kappa shape index (κ2) is 11.4. The standard InChI is InChI=1S/C13H26O5/c1-2-3-4-5-6-7-8-13(17)18-12(10-15)11(16)9-14/h11-12,14-16H,2-10H2,1H3/t11-,12+/m1/s1. The molecule has 18 heavy (non-hydrogen) atoms. The molecule has 0 spiro atoms. The molecule has 108 valence electrons. The van der Waals surface area contributed by atoms with Crippen molar-refractivity contribution in [3.05, 3.63) is 0 Å². The van der Waals surface area contributed by atoms with Gasteiger partial charge in [0, 0.05) is 6.42 Å². The van der Waals surface area contributed by atoms with Gasteiger partial charge in [0.25, 0.3) is 0 Å². The van der Waals surface area contributed by atoms with Gasteiger partial charge in [0.05, 0.1) is 13.2 Å². The van der Waals surface area contributed by atoms with Crippen LogP contribution in [-0.2, 0) is 9.53 Å². The summed E-state index contributed by atoms with van der Waals surface area (Å²) in [6, 6.07) is 0. The number of carbonyl (C=O) groups is 1. The maximum atomic E-state index is 11.4. The predicted molar refractivity (Wildman–Crippen MR) is 68.1 cm³/mol. The van der Waals surface area contributed by atoms with Crippen molar-refractivity contribution >= 4 is 5.97 Å². The summed E-state index contributed by atoms with van der Waals surface area (Å²) in [6.45, 7) is 1.14. The van der Waals surface area contributed by atoms with E-state index in [1.807, 2.05) is 0 Å². The molecular weight excluding hydrogens is 236 g/mol. The number of unbranched alkanes of at least 4 members (excludes halogenated alkanes) is 5. The average molecular weight is 262 g/mol. The van der Waals surface area contributed by atoms with Gasteiger partial charge in [-0.05, 0) is 6.42 Å². The molecule has 0 aliphatic rings. The van der Waals surface area contributed by atoms with E-state index in [2.05, 4.69) is 6.92 Å². The van der Waals surface area contributed by atoms with Gasteiger partial charge >= 0.3 is 5.97 Å². The number of ether oxygens (including phenoxy) is 1. The van der Waals surface area contributed by atoms with E-state index in [0.717, 1.165) is 19.3 Å². The summed E-state index contributed by atoms with van der Waals surface area (Å²) < 4.78 is 4.88. The van der Waals surface area contributed by atoms with Crippen molar-refractivity contribution in [2.75, 3.05) is 13.2 Å². The molecule has 0 aliphatic heterocycles. The monoisotopic (exact) mass is 262 g/mol. The Morgan fingerprint density at radius 2 is 1.67 bits per heavy atom. The lowest BCUT2D eigenvalue weighted by Gasteiger charge is -2.19. The first kappa shape index (κ1) is 17.4. The fraction of sp³-hybridized carbons (Fsp3) is 0.923. The minimum absolute atomic E-state index is 0.292. The first-order valence-electron chi connectivity index (χ1n) is 6.75. The zero-order valence-corrected chi connectivity index (χ0v) is 11.2. The van der Waals surface area contributed by atoms with E-state index in [4.69, 9.17) is 14.9 Å². The maximum absolute atomic E-state index is 11.4. The number of aliphatic hydroxyl groups is 3. The van der Waals surface area contributed by atoms with Gasteiger partial charge in [-0.3, -0.25) is 4.79 Å². The van der Waals surface area contributed by atoms with Gasteiger partial charge in [0.15, 0.2) is 6.10 Å². The van der Waals surface area contributed by atoms with Gasteiger partial charge in [0.1, 0.15) is 6.10 Å². The van der Waals surface area contributed by atoms with Crippen LogP contribution in [0.25, 0.3) is 0 Å². The van der Waals surface area contributed by atoms with Gasteiger partial charge in [0.2, 0.25) is 0 Å². The molecule has 5 heteroatoms. The van der Waals surface area contributed by atoms with Crippen LogP contribution in [0.4, 0.5) is 0 Å². The van der Waals surface area contributed by atoms with E-state index in [-0.39, 0.29) is 0 Å². The molecule has 0 aromatic heterocycles. The van der Waals surface area contributed by atoms with Gasteiger partial charge < -0.3 is 20.1 Å². The molecule has 5 nitrogen and oxygen atoms in total. The molecule has 0 saturated heterocycles. The Balaban J connectivity index is 3.63. The van der Waals surface area contributed by atoms with Crippen molar-refractivity contribution in [3.63, 3.8) is 0 Å². The van der Waals surface area contributed by atoms with Crippen LogP contribution in [0.5, 0.6) is 0 Å². The third-order valence-corrected chi connectivity index (χ3v) is 2.81. The van der Waals surface area contributed by atoms with E-state index in [9.17, 15) is 9.90 Å². The third kappa shape index (κ3) is 8.44. The zero-order valence-electron chi connectivity index (χ0n) is 11.2. The first-order valence-corrected chi connectivity index (χ1v) is 6.75. The molecule has 0 aromatic rings. The Bertz CT molecular complexity index is 208. The van der Waals surface area contributed by atoms with Crippen molar-refractivity contribution in [2.24, 2.45) is 0 Å². The van der Waals surface area contributed by atoms with Crippen LogP contribution in [0, 0.1) is 0 Å². The van der Waals surface area contributed by atoms with Crippen molar-refractivity contribution < 1.29 is 24.9 Å². The Morgan fingerprint density at radius 3 is 2.22 bits per heavy atom. The summed E-state index contributed by atoms with van der Waals surface area (Å²) in [5, 5.41) is 26.8. The van der Waals surface area contributed by atoms with E-state index in [1.54, 1.807) is 0 Å². The van der Waals surface area contributed by atoms with Crippen molar-refractivity contribution in [1.29, 1.82) is 0 Å². The molecule has 0 aliphatic carbocycles. The van der Waals surface area contributed by atoms with Crippen LogP contribution < -0.4 is 0 Å². The number of carbonyl (C=O) groups excluding carboxylic acids is 1. The predicted octanol–water partition coefficient (Wildman–Crippen LogP) is 0.994. The van der Waals surface area contributed by atoms with Gasteiger partial charge in [-0.1, -0.05) is 39.0 Å². The molecule has 0 amide bonds. The van der Waals surface area contributed by atoms with Gasteiger partial charge in [-0.15, -0.1) is 0 Å². The van der Waals surface area contributed by atoms with E-state index in [1.165, 1.54) is 19.3 Å². The SMILES string of the molecule is CCCCCCCCC(=O)O[C@@H](CO)[C@H](O)CO. The lowest BCUT2D eigenvalue weighted by Crippen LogP contribution is -2.36. The Hall–Kier alpha value is -0.650. The highest BCUT2D eigenvalue weighted by Gasteiger charge is 2.21. The second-order valence-electron chi connectivity index (χ2n) is 4.48. The summed E-state index contributed by atoms with van der Waals surface area (Å²) >= 11 is 0. The number of hydrogen-bond donors (Lipinski definition) is 3. The molecule has 0 rings (SSSR count). The van der Waals surface area contributed by atoms with Crippen molar-refractivity contribution in [2.45, 2.75) is 64.1 Å². The third-order valence-electron chi connectivity index (χ3n) is 2.81. The molecule has 3 N–H and O–H groups in total. The zero-order chi connectivity index (χ0) is 13.8. The van der Waals surface area contributed by atoms with Crippen LogP contribution in [-0.4, -0.2) is 46.7 Å². The molecule has 0 fully saturated rings. The van der Waals surface area contributed by atoms with E-state index < -0.39 is 31.4 Å². The smallest absolute Gasteiger partial charge is 0.306 e. The van der Waals surface area contributed by atoms with E-state index in [0.29, 0.717) is 6.42 Å². The summed E-state index contributed by atoms with van der Waals surface area (Å²) in [5.41, 5.74) is 0. The fourth-order valence-corrected chi connectivity index (χ4v) is 1.63. The normalized spacial score (nSPS) is 14.2. The second-order valence-corrected chi connectivity index (χ2v) is 4.48. The largest absolute Gasteiger partial charge is 0.457 e. The number of aliphatic hydroxyl groups excluding tert-OH is 3. The molecule has 0 unspecified atom stereocenters. The fourth-order valence-electron chi connectivity index (χ4n) is 1.63. The summed E-state index contributed by atoms with van der Waals surface area (Å²) in [5.74, 6) is -0.433. The highest BCUT2D eigenvalue weighted by atomic mass is 16.6. The molecule has 2 atom stereocenters. The van der Waals surface area contributed by atoms with Crippen molar-refractivity contribution in [1.82, 2.24) is 0 Å². The topological polar surface area (TPSA) is 87.0 Å². The Labute approximate surface area is 109 Å². The highest BCUT2D eigenvalue weighted by Crippen LogP contribution is 2.09. The summed E-state index contributed by atoms with van der Waals surface area (Å²) in [6.07, 6.45) is 4.51. The lowest BCUT2D eigenvalue weighted by atomic mass is 10.1. The first-order chi connectivity index (χ1) is 8.65. The number of hydrogen-bond acceptors (Lipinski definition) is 5. The van der Waals surface area contributed by atoms with Crippen LogP contribution in [0.1, 0.15) is 51.9 Å².